The van der Waals surface area contributed by atoms with Crippen LogP contribution >= 0.6 is 0 Å². The number of ether oxygens (including phenoxy) is 1. The number of anilines is 1. The number of carbonyl (C=O) groups excluding carboxylic acids is 2. The van der Waals surface area contributed by atoms with Crippen molar-refractivity contribution < 1.29 is 14.3 Å². The molecule has 2 unspecified atom stereocenters. The molecule has 2 N–H and O–H groups in total. The number of nitrogens with one attached hydrogen (secondary N) is 2. The van der Waals surface area contributed by atoms with E-state index in [1.54, 1.807) is 18.3 Å². The average molecular weight is 277 g/mol. The van der Waals surface area contributed by atoms with Crippen LogP contribution in [0.15, 0.2) is 18.3 Å². The highest BCUT2D eigenvalue weighted by Gasteiger charge is 2.38. The van der Waals surface area contributed by atoms with E-state index >= 15 is 0 Å². The van der Waals surface area contributed by atoms with Gasteiger partial charge in [-0.2, -0.15) is 0 Å². The Labute approximate surface area is 117 Å². The van der Waals surface area contributed by atoms with Crippen molar-refractivity contribution in [1.29, 1.82) is 0 Å². The molecule has 0 saturated heterocycles. The lowest BCUT2D eigenvalue weighted by atomic mass is 10.3. The minimum absolute atomic E-state index is 0.0423. The van der Waals surface area contributed by atoms with Crippen LogP contribution in [0.1, 0.15) is 19.8 Å². The second-order valence-corrected chi connectivity index (χ2v) is 4.96. The molecular weight excluding hydrogens is 258 g/mol. The van der Waals surface area contributed by atoms with Crippen molar-refractivity contribution in [3.63, 3.8) is 0 Å². The number of hydrogen-bond donors (Lipinski definition) is 2. The molecule has 0 spiro atoms. The summed E-state index contributed by atoms with van der Waals surface area (Å²) in [5.74, 6) is 1.35. The molecule has 108 valence electrons. The van der Waals surface area contributed by atoms with Gasteiger partial charge in [0.2, 0.25) is 11.8 Å². The van der Waals surface area contributed by atoms with E-state index in [1.165, 1.54) is 7.11 Å². The van der Waals surface area contributed by atoms with Crippen molar-refractivity contribution in [3.05, 3.63) is 18.3 Å². The molecule has 2 amide bonds. The molecule has 0 aliphatic heterocycles. The highest BCUT2D eigenvalue weighted by Crippen LogP contribution is 2.37. The van der Waals surface area contributed by atoms with Crippen LogP contribution in [0.3, 0.4) is 0 Å². The number of aromatic nitrogens is 1. The van der Waals surface area contributed by atoms with E-state index in [0.717, 1.165) is 6.42 Å². The number of amides is 2. The van der Waals surface area contributed by atoms with Crippen LogP contribution in [0.5, 0.6) is 5.75 Å². The molecular formula is C14H19N3O3. The summed E-state index contributed by atoms with van der Waals surface area (Å²) in [5.41, 5.74) is 0. The van der Waals surface area contributed by atoms with E-state index in [9.17, 15) is 9.59 Å². The molecule has 1 aromatic heterocycles. The maximum atomic E-state index is 11.8. The molecule has 6 heteroatoms. The Balaban J connectivity index is 1.74. The van der Waals surface area contributed by atoms with Gasteiger partial charge in [0.15, 0.2) is 11.6 Å². The zero-order chi connectivity index (χ0) is 14.5. The molecule has 1 heterocycles. The van der Waals surface area contributed by atoms with E-state index in [4.69, 9.17) is 4.74 Å². The summed E-state index contributed by atoms with van der Waals surface area (Å²) in [6, 6.07) is 3.45. The fourth-order valence-corrected chi connectivity index (χ4v) is 1.96. The lowest BCUT2D eigenvalue weighted by molar-refractivity contribution is -0.122. The van der Waals surface area contributed by atoms with E-state index in [2.05, 4.69) is 15.6 Å². The van der Waals surface area contributed by atoms with Crippen LogP contribution in [-0.2, 0) is 9.59 Å². The van der Waals surface area contributed by atoms with Gasteiger partial charge < -0.3 is 15.4 Å². The van der Waals surface area contributed by atoms with Crippen LogP contribution in [0.25, 0.3) is 0 Å². The van der Waals surface area contributed by atoms with Gasteiger partial charge in [0.1, 0.15) is 0 Å². The third-order valence-corrected chi connectivity index (χ3v) is 3.35. The SMILES string of the molecule is COc1cccnc1NC(=O)CCNC(=O)C1CC1C. The number of rotatable bonds is 6. The van der Waals surface area contributed by atoms with Crippen LogP contribution in [-0.4, -0.2) is 30.5 Å². The molecule has 20 heavy (non-hydrogen) atoms. The summed E-state index contributed by atoms with van der Waals surface area (Å²) in [7, 11) is 1.52. The first-order chi connectivity index (χ1) is 9.61. The van der Waals surface area contributed by atoms with Gasteiger partial charge >= 0.3 is 0 Å². The van der Waals surface area contributed by atoms with E-state index in [1.807, 2.05) is 6.92 Å². The molecule has 2 rings (SSSR count). The molecule has 0 aromatic carbocycles. The molecule has 6 nitrogen and oxygen atoms in total. The predicted octanol–water partition coefficient (Wildman–Crippen LogP) is 1.19. The zero-order valence-corrected chi connectivity index (χ0v) is 11.7. The Kier molecular flexibility index (Phi) is 4.55. The Morgan fingerprint density at radius 1 is 1.50 bits per heavy atom. The van der Waals surface area contributed by atoms with Gasteiger partial charge in [-0.25, -0.2) is 4.98 Å². The summed E-state index contributed by atoms with van der Waals surface area (Å²) in [6.07, 6.45) is 2.74. The van der Waals surface area contributed by atoms with Gasteiger partial charge in [0.25, 0.3) is 0 Å². The normalized spacial score (nSPS) is 20.1. The van der Waals surface area contributed by atoms with Crippen LogP contribution in [0.4, 0.5) is 5.82 Å². The first-order valence-corrected chi connectivity index (χ1v) is 6.68. The van der Waals surface area contributed by atoms with Gasteiger partial charge in [-0.3, -0.25) is 9.59 Å². The lowest BCUT2D eigenvalue weighted by Crippen LogP contribution is -2.29. The lowest BCUT2D eigenvalue weighted by Gasteiger charge is -2.09. The second-order valence-electron chi connectivity index (χ2n) is 4.96. The van der Waals surface area contributed by atoms with Gasteiger partial charge in [-0.1, -0.05) is 6.92 Å². The second kappa shape index (κ2) is 6.36. The fraction of sp³-hybridized carbons (Fsp3) is 0.500. The predicted molar refractivity (Wildman–Crippen MR) is 74.3 cm³/mol. The van der Waals surface area contributed by atoms with Crippen LogP contribution in [0, 0.1) is 11.8 Å². The molecule has 0 bridgehead atoms. The number of methoxy groups -OCH3 is 1. The molecule has 0 radical (unpaired) electrons. The largest absolute Gasteiger partial charge is 0.493 e. The molecule has 1 aliphatic carbocycles. The monoisotopic (exact) mass is 277 g/mol. The van der Waals surface area contributed by atoms with Crippen LogP contribution in [0.2, 0.25) is 0 Å². The van der Waals surface area contributed by atoms with Crippen molar-refractivity contribution in [3.8, 4) is 5.75 Å². The summed E-state index contributed by atoms with van der Waals surface area (Å²) in [6.45, 7) is 2.38. The van der Waals surface area contributed by atoms with Crippen molar-refractivity contribution in [2.75, 3.05) is 19.0 Å². The van der Waals surface area contributed by atoms with E-state index in [0.29, 0.717) is 24.0 Å². The van der Waals surface area contributed by atoms with Gasteiger partial charge in [0, 0.05) is 25.1 Å². The highest BCUT2D eigenvalue weighted by molar-refractivity contribution is 5.91. The van der Waals surface area contributed by atoms with Crippen molar-refractivity contribution >= 4 is 17.6 Å². The number of nitrogens with zero attached hydrogens (tertiary/aromatic N) is 1. The van der Waals surface area contributed by atoms with E-state index < -0.39 is 0 Å². The number of pyridine rings is 1. The van der Waals surface area contributed by atoms with Crippen molar-refractivity contribution in [2.24, 2.45) is 11.8 Å². The first kappa shape index (κ1) is 14.3. The van der Waals surface area contributed by atoms with E-state index in [-0.39, 0.29) is 24.2 Å². The highest BCUT2D eigenvalue weighted by atomic mass is 16.5. The minimum atomic E-state index is -0.203. The smallest absolute Gasteiger partial charge is 0.227 e. The molecule has 2 atom stereocenters. The zero-order valence-electron chi connectivity index (χ0n) is 11.7. The average Bonchev–Trinajstić information content (AvgIpc) is 3.16. The maximum Gasteiger partial charge on any atom is 0.227 e. The third kappa shape index (κ3) is 3.69. The summed E-state index contributed by atoms with van der Waals surface area (Å²) in [4.78, 5) is 27.4. The molecule has 1 saturated carbocycles. The Hall–Kier alpha value is -2.11. The minimum Gasteiger partial charge on any atom is -0.493 e. The summed E-state index contributed by atoms with van der Waals surface area (Å²) in [5, 5.41) is 5.43. The maximum absolute atomic E-state index is 11.8. The number of carbonyl (C=O) groups is 2. The molecule has 1 aliphatic rings. The number of hydrogen-bond acceptors (Lipinski definition) is 4. The molecule has 1 fully saturated rings. The van der Waals surface area contributed by atoms with Gasteiger partial charge in [-0.05, 0) is 24.5 Å². The standard InChI is InChI=1S/C14H19N3O3/c1-9-8-10(9)14(19)16-7-5-12(18)17-13-11(20-2)4-3-6-15-13/h3-4,6,9-10H,5,7-8H2,1-2H3,(H,16,19)(H,15,17,18). The Bertz CT molecular complexity index is 504. The summed E-state index contributed by atoms with van der Waals surface area (Å²) < 4.78 is 5.09. The Morgan fingerprint density at radius 2 is 2.25 bits per heavy atom. The Morgan fingerprint density at radius 3 is 2.90 bits per heavy atom. The van der Waals surface area contributed by atoms with Gasteiger partial charge in [0.05, 0.1) is 7.11 Å². The molecule has 1 aromatic rings. The van der Waals surface area contributed by atoms with Crippen molar-refractivity contribution in [2.45, 2.75) is 19.8 Å². The summed E-state index contributed by atoms with van der Waals surface area (Å²) >= 11 is 0. The van der Waals surface area contributed by atoms with Crippen LogP contribution < -0.4 is 15.4 Å². The first-order valence-electron chi connectivity index (χ1n) is 6.68. The third-order valence-electron chi connectivity index (χ3n) is 3.35. The van der Waals surface area contributed by atoms with Crippen molar-refractivity contribution in [1.82, 2.24) is 10.3 Å². The fourth-order valence-electron chi connectivity index (χ4n) is 1.96. The van der Waals surface area contributed by atoms with Gasteiger partial charge in [-0.15, -0.1) is 0 Å². The topological polar surface area (TPSA) is 80.3 Å². The quantitative estimate of drug-likeness (QED) is 0.818.